The van der Waals surface area contributed by atoms with Gasteiger partial charge in [0.2, 0.25) is 0 Å². The van der Waals surface area contributed by atoms with Crippen molar-refractivity contribution in [1.29, 1.82) is 0 Å². The van der Waals surface area contributed by atoms with E-state index in [1.54, 1.807) is 24.3 Å². The van der Waals surface area contributed by atoms with Crippen LogP contribution in [-0.2, 0) is 4.79 Å². The summed E-state index contributed by atoms with van der Waals surface area (Å²) < 4.78 is 5.10. The number of benzene rings is 1. The highest BCUT2D eigenvalue weighted by atomic mass is 16.4. The molecule has 72 valence electrons. The number of aliphatic carboxylic acids is 1. The zero-order valence-corrected chi connectivity index (χ0v) is 7.18. The van der Waals surface area contributed by atoms with Gasteiger partial charge in [-0.15, -0.1) is 0 Å². The first kappa shape index (κ1) is 8.77. The molecule has 0 amide bonds. The summed E-state index contributed by atoms with van der Waals surface area (Å²) >= 11 is 0. The third kappa shape index (κ3) is 1.25. The predicted molar refractivity (Wildman–Crippen MR) is 48.8 cm³/mol. The Hall–Kier alpha value is -1.81. The zero-order chi connectivity index (χ0) is 10.1. The normalized spacial score (nSPS) is 12.9. The summed E-state index contributed by atoms with van der Waals surface area (Å²) in [5.74, 6) is -1.28. The number of rotatable bonds is 2. The van der Waals surface area contributed by atoms with Crippen LogP contribution in [0.3, 0.4) is 0 Å². The quantitative estimate of drug-likeness (QED) is 0.757. The number of carbonyl (C=O) groups is 1. The first-order valence-corrected chi connectivity index (χ1v) is 4.07. The van der Waals surface area contributed by atoms with Crippen LogP contribution in [0.25, 0.3) is 11.0 Å². The van der Waals surface area contributed by atoms with Gasteiger partial charge >= 0.3 is 5.97 Å². The lowest BCUT2D eigenvalue weighted by molar-refractivity contribution is -0.146. The molecule has 0 saturated heterocycles. The Labute approximate surface area is 79.4 Å². The summed E-state index contributed by atoms with van der Waals surface area (Å²) in [7, 11) is 0. The molecule has 0 aliphatic rings. The molecule has 1 aromatic carbocycles. The highest BCUT2D eigenvalue weighted by Gasteiger charge is 2.20. The van der Waals surface area contributed by atoms with E-state index < -0.39 is 12.1 Å². The third-order valence-electron chi connectivity index (χ3n) is 2.04. The van der Waals surface area contributed by atoms with E-state index in [-0.39, 0.29) is 5.56 Å². The molecular formula is C10H8O4. The lowest BCUT2D eigenvalue weighted by Crippen LogP contribution is -2.09. The summed E-state index contributed by atoms with van der Waals surface area (Å²) in [4.78, 5) is 10.5. The van der Waals surface area contributed by atoms with Crippen molar-refractivity contribution >= 4 is 16.9 Å². The second-order valence-corrected chi connectivity index (χ2v) is 2.93. The fourth-order valence-electron chi connectivity index (χ4n) is 1.34. The zero-order valence-electron chi connectivity index (χ0n) is 7.18. The van der Waals surface area contributed by atoms with Crippen molar-refractivity contribution in [3.05, 3.63) is 36.1 Å². The molecule has 0 spiro atoms. The maximum Gasteiger partial charge on any atom is 0.337 e. The Bertz CT molecular complexity index is 472. The Balaban J connectivity index is 2.58. The fourth-order valence-corrected chi connectivity index (χ4v) is 1.34. The predicted octanol–water partition coefficient (Wildman–Crippen LogP) is 1.55. The summed E-state index contributed by atoms with van der Waals surface area (Å²) in [5.41, 5.74) is 0.857. The highest BCUT2D eigenvalue weighted by Crippen LogP contribution is 2.26. The second-order valence-electron chi connectivity index (χ2n) is 2.93. The average molecular weight is 192 g/mol. The maximum absolute atomic E-state index is 10.5. The van der Waals surface area contributed by atoms with Crippen LogP contribution >= 0.6 is 0 Å². The molecule has 0 aliphatic heterocycles. The molecule has 1 atom stereocenters. The van der Waals surface area contributed by atoms with Crippen LogP contribution in [0.5, 0.6) is 0 Å². The molecule has 2 rings (SSSR count). The molecule has 14 heavy (non-hydrogen) atoms. The smallest absolute Gasteiger partial charge is 0.337 e. The van der Waals surface area contributed by atoms with Gasteiger partial charge in [0.1, 0.15) is 5.58 Å². The molecule has 0 bridgehead atoms. The number of carboxylic acids is 1. The molecule has 0 radical (unpaired) electrons. The van der Waals surface area contributed by atoms with Gasteiger partial charge in [-0.2, -0.15) is 0 Å². The minimum absolute atomic E-state index is 0.285. The minimum Gasteiger partial charge on any atom is -0.479 e. The molecule has 2 aromatic rings. The summed E-state index contributed by atoms with van der Waals surface area (Å²) in [6, 6.07) is 6.96. The van der Waals surface area contributed by atoms with Gasteiger partial charge < -0.3 is 14.6 Å². The van der Waals surface area contributed by atoms with Gasteiger partial charge in [0.05, 0.1) is 6.26 Å². The van der Waals surface area contributed by atoms with Crippen molar-refractivity contribution in [2.45, 2.75) is 6.10 Å². The second kappa shape index (κ2) is 3.16. The molecule has 1 heterocycles. The van der Waals surface area contributed by atoms with Crippen LogP contribution in [0, 0.1) is 0 Å². The monoisotopic (exact) mass is 192 g/mol. The molecule has 4 nitrogen and oxygen atoms in total. The van der Waals surface area contributed by atoms with Crippen molar-refractivity contribution in [3.63, 3.8) is 0 Å². The molecule has 0 fully saturated rings. The number of carboxylic acid groups (broad SMARTS) is 1. The van der Waals surface area contributed by atoms with Gasteiger partial charge in [-0.25, -0.2) is 4.79 Å². The third-order valence-corrected chi connectivity index (χ3v) is 2.04. The van der Waals surface area contributed by atoms with Gasteiger partial charge in [-0.1, -0.05) is 18.2 Å². The summed E-state index contributed by atoms with van der Waals surface area (Å²) in [5, 5.41) is 18.6. The number of hydrogen-bond acceptors (Lipinski definition) is 3. The molecule has 2 N–H and O–H groups in total. The minimum atomic E-state index is -1.53. The van der Waals surface area contributed by atoms with Crippen LogP contribution in [0.4, 0.5) is 0 Å². The Morgan fingerprint density at radius 3 is 2.79 bits per heavy atom. The van der Waals surface area contributed by atoms with Gasteiger partial charge in [0.25, 0.3) is 0 Å². The van der Waals surface area contributed by atoms with Crippen LogP contribution < -0.4 is 0 Å². The number of fused-ring (bicyclic) bond motifs is 1. The molecule has 0 saturated carbocycles. The largest absolute Gasteiger partial charge is 0.479 e. The van der Waals surface area contributed by atoms with E-state index >= 15 is 0 Å². The highest BCUT2D eigenvalue weighted by molar-refractivity contribution is 5.86. The molecular weight excluding hydrogens is 184 g/mol. The van der Waals surface area contributed by atoms with Crippen molar-refractivity contribution in [2.24, 2.45) is 0 Å². The van der Waals surface area contributed by atoms with Gasteiger partial charge in [-0.05, 0) is 6.07 Å². The van der Waals surface area contributed by atoms with E-state index in [0.29, 0.717) is 11.0 Å². The van der Waals surface area contributed by atoms with Crippen LogP contribution in [0.2, 0.25) is 0 Å². The van der Waals surface area contributed by atoms with E-state index in [2.05, 4.69) is 0 Å². The Morgan fingerprint density at radius 1 is 1.36 bits per heavy atom. The molecule has 1 aromatic heterocycles. The van der Waals surface area contributed by atoms with E-state index in [1.165, 1.54) is 6.26 Å². The van der Waals surface area contributed by atoms with Gasteiger partial charge in [0, 0.05) is 10.9 Å². The van der Waals surface area contributed by atoms with Crippen molar-refractivity contribution in [2.75, 3.05) is 0 Å². The van der Waals surface area contributed by atoms with Crippen molar-refractivity contribution in [1.82, 2.24) is 0 Å². The molecule has 0 unspecified atom stereocenters. The fraction of sp³-hybridized carbons (Fsp3) is 0.100. The van der Waals surface area contributed by atoms with Crippen LogP contribution in [0.1, 0.15) is 11.7 Å². The standard InChI is InChI=1S/C10H8O4/c11-9(10(12)13)7-5-14-8-4-2-1-3-6(7)8/h1-5,9,11H,(H,12,13)/t9-/m1/s1. The van der Waals surface area contributed by atoms with Crippen molar-refractivity contribution in [3.8, 4) is 0 Å². The van der Waals surface area contributed by atoms with E-state index in [4.69, 9.17) is 9.52 Å². The van der Waals surface area contributed by atoms with E-state index in [9.17, 15) is 9.90 Å². The number of aliphatic hydroxyl groups excluding tert-OH is 1. The van der Waals surface area contributed by atoms with E-state index in [1.807, 2.05) is 0 Å². The van der Waals surface area contributed by atoms with Crippen LogP contribution in [0.15, 0.2) is 34.9 Å². The number of furan rings is 1. The lowest BCUT2D eigenvalue weighted by Gasteiger charge is -2.01. The topological polar surface area (TPSA) is 70.7 Å². The number of para-hydroxylation sites is 1. The number of aliphatic hydroxyl groups is 1. The summed E-state index contributed by atoms with van der Waals surface area (Å²) in [6.07, 6.45) is -0.262. The maximum atomic E-state index is 10.5. The Morgan fingerprint density at radius 2 is 2.07 bits per heavy atom. The van der Waals surface area contributed by atoms with Gasteiger partial charge in [-0.3, -0.25) is 0 Å². The SMILES string of the molecule is O=C(O)[C@H](O)c1coc2ccccc12. The summed E-state index contributed by atoms with van der Waals surface area (Å²) in [6.45, 7) is 0. The first-order valence-electron chi connectivity index (χ1n) is 4.07. The molecule has 4 heteroatoms. The van der Waals surface area contributed by atoms with Gasteiger partial charge in [0.15, 0.2) is 6.10 Å². The average Bonchev–Trinajstić information content (AvgIpc) is 2.60. The lowest BCUT2D eigenvalue weighted by atomic mass is 10.1. The van der Waals surface area contributed by atoms with E-state index in [0.717, 1.165) is 0 Å². The van der Waals surface area contributed by atoms with Crippen LogP contribution in [-0.4, -0.2) is 16.2 Å². The molecule has 0 aliphatic carbocycles. The van der Waals surface area contributed by atoms with Crippen molar-refractivity contribution < 1.29 is 19.4 Å². The Kier molecular flexibility index (Phi) is 1.98. The first-order chi connectivity index (χ1) is 6.70. The number of hydrogen-bond donors (Lipinski definition) is 2.